The number of alkyl halides is 2. The van der Waals surface area contributed by atoms with E-state index in [1.54, 1.807) is 0 Å². The largest absolute Gasteiger partial charge is 0.433 e. The van der Waals surface area contributed by atoms with Crippen molar-refractivity contribution in [2.45, 2.75) is 11.5 Å². The molecule has 0 atom stereocenters. The SMILES string of the molecule is O=C=NS(=O)(=O)c1ccccc1OC(F)F. The molecule has 8 heteroatoms. The minimum atomic E-state index is -4.34. The molecular weight excluding hydrogens is 244 g/mol. The molecule has 16 heavy (non-hydrogen) atoms. The van der Waals surface area contributed by atoms with Gasteiger partial charge in [-0.2, -0.15) is 17.2 Å². The highest BCUT2D eigenvalue weighted by molar-refractivity contribution is 7.90. The predicted molar refractivity (Wildman–Crippen MR) is 48.4 cm³/mol. The molecule has 0 saturated carbocycles. The molecule has 0 unspecified atom stereocenters. The maximum atomic E-state index is 11.9. The van der Waals surface area contributed by atoms with E-state index in [2.05, 4.69) is 9.13 Å². The van der Waals surface area contributed by atoms with Crippen LogP contribution >= 0.6 is 0 Å². The first-order chi connectivity index (χ1) is 7.47. The van der Waals surface area contributed by atoms with Crippen molar-refractivity contribution in [1.82, 2.24) is 0 Å². The number of ether oxygens (including phenoxy) is 1. The van der Waals surface area contributed by atoms with Gasteiger partial charge in [0.2, 0.25) is 0 Å². The Hall–Kier alpha value is -1.79. The van der Waals surface area contributed by atoms with Crippen LogP contribution in [0, 0.1) is 0 Å². The summed E-state index contributed by atoms with van der Waals surface area (Å²) in [4.78, 5) is 9.26. The summed E-state index contributed by atoms with van der Waals surface area (Å²) in [6, 6.07) is 4.61. The highest BCUT2D eigenvalue weighted by Crippen LogP contribution is 2.26. The number of benzene rings is 1. The first-order valence-corrected chi connectivity index (χ1v) is 5.29. The molecule has 1 aromatic carbocycles. The number of rotatable bonds is 4. The van der Waals surface area contributed by atoms with Crippen molar-refractivity contribution in [3.8, 4) is 5.75 Å². The summed E-state index contributed by atoms with van der Waals surface area (Å²) < 4.78 is 53.0. The Labute approximate surface area is 89.4 Å². The Morgan fingerprint density at radius 3 is 2.50 bits per heavy atom. The molecule has 0 spiro atoms. The van der Waals surface area contributed by atoms with Crippen molar-refractivity contribution in [3.63, 3.8) is 0 Å². The van der Waals surface area contributed by atoms with Crippen molar-refractivity contribution in [3.05, 3.63) is 24.3 Å². The molecule has 0 N–H and O–H groups in total. The predicted octanol–water partition coefficient (Wildman–Crippen LogP) is 1.31. The maximum Gasteiger partial charge on any atom is 0.387 e. The summed E-state index contributed by atoms with van der Waals surface area (Å²) in [5, 5.41) is 0. The first kappa shape index (κ1) is 12.3. The topological polar surface area (TPSA) is 72.8 Å². The van der Waals surface area contributed by atoms with E-state index in [0.29, 0.717) is 0 Å². The van der Waals surface area contributed by atoms with Crippen molar-refractivity contribution >= 4 is 16.1 Å². The zero-order valence-corrected chi connectivity index (χ0v) is 8.45. The summed E-state index contributed by atoms with van der Waals surface area (Å²) >= 11 is 0. The van der Waals surface area contributed by atoms with Crippen molar-refractivity contribution in [1.29, 1.82) is 0 Å². The molecule has 0 aliphatic heterocycles. The van der Waals surface area contributed by atoms with Crippen LogP contribution in [0.3, 0.4) is 0 Å². The van der Waals surface area contributed by atoms with Gasteiger partial charge in [0.15, 0.2) is 0 Å². The average Bonchev–Trinajstić information content (AvgIpc) is 2.17. The normalized spacial score (nSPS) is 10.9. The molecule has 86 valence electrons. The molecule has 1 aromatic rings. The van der Waals surface area contributed by atoms with Gasteiger partial charge in [0.25, 0.3) is 16.1 Å². The van der Waals surface area contributed by atoms with Gasteiger partial charge < -0.3 is 4.74 Å². The second-order valence-corrected chi connectivity index (χ2v) is 4.06. The lowest BCUT2D eigenvalue weighted by Crippen LogP contribution is -2.06. The number of carbonyl (C=O) groups excluding carboxylic acids is 1. The monoisotopic (exact) mass is 249 g/mol. The third-order valence-electron chi connectivity index (χ3n) is 1.50. The molecule has 0 bridgehead atoms. The second-order valence-electron chi connectivity index (χ2n) is 2.48. The fourth-order valence-electron chi connectivity index (χ4n) is 0.955. The average molecular weight is 249 g/mol. The lowest BCUT2D eigenvalue weighted by atomic mass is 10.3. The van der Waals surface area contributed by atoms with Crippen LogP contribution in [0.2, 0.25) is 0 Å². The van der Waals surface area contributed by atoms with E-state index in [-0.39, 0.29) is 0 Å². The lowest BCUT2D eigenvalue weighted by Gasteiger charge is -2.07. The number of isocyanates is 1. The Bertz CT molecular complexity index is 523. The van der Waals surface area contributed by atoms with E-state index in [4.69, 9.17) is 0 Å². The summed E-state index contributed by atoms with van der Waals surface area (Å²) in [6.45, 7) is -3.17. The Balaban J connectivity index is 3.28. The van der Waals surface area contributed by atoms with Gasteiger partial charge in [-0.25, -0.2) is 4.79 Å². The number of para-hydroxylation sites is 1. The second kappa shape index (κ2) is 4.82. The van der Waals surface area contributed by atoms with Crippen molar-refractivity contribution in [2.75, 3.05) is 0 Å². The van der Waals surface area contributed by atoms with Crippen LogP contribution in [0.5, 0.6) is 5.75 Å². The summed E-state index contributed by atoms with van der Waals surface area (Å²) in [7, 11) is -4.34. The van der Waals surface area contributed by atoms with E-state index in [1.807, 2.05) is 0 Å². The Morgan fingerprint density at radius 1 is 1.31 bits per heavy atom. The molecule has 5 nitrogen and oxygen atoms in total. The fraction of sp³-hybridized carbons (Fsp3) is 0.125. The highest BCUT2D eigenvalue weighted by Gasteiger charge is 2.20. The molecular formula is C8H5F2NO4S. The van der Waals surface area contributed by atoms with Gasteiger partial charge in [-0.3, -0.25) is 0 Å². The smallest absolute Gasteiger partial charge is 0.387 e. The van der Waals surface area contributed by atoms with Gasteiger partial charge in [-0.05, 0) is 12.1 Å². The van der Waals surface area contributed by atoms with Crippen LogP contribution in [-0.2, 0) is 14.8 Å². The van der Waals surface area contributed by atoms with Gasteiger partial charge in [0.05, 0.1) is 0 Å². The van der Waals surface area contributed by atoms with Crippen molar-refractivity contribution < 1.29 is 26.7 Å². The van der Waals surface area contributed by atoms with Crippen LogP contribution in [0.25, 0.3) is 0 Å². The summed E-state index contributed by atoms with van der Waals surface area (Å²) in [5.41, 5.74) is 0. The third kappa shape index (κ3) is 2.85. The standard InChI is InChI=1S/C8H5F2NO4S/c9-8(10)15-6-3-1-2-4-7(6)16(13,14)11-5-12/h1-4,8H. The molecule has 1 rings (SSSR count). The lowest BCUT2D eigenvalue weighted by molar-refractivity contribution is -0.0517. The van der Waals surface area contributed by atoms with Gasteiger partial charge in [-0.1, -0.05) is 16.5 Å². The van der Waals surface area contributed by atoms with Crippen molar-refractivity contribution in [2.24, 2.45) is 4.40 Å². The first-order valence-electron chi connectivity index (χ1n) is 3.85. The number of hydrogen-bond acceptors (Lipinski definition) is 4. The van der Waals surface area contributed by atoms with Gasteiger partial charge >= 0.3 is 6.61 Å². The van der Waals surface area contributed by atoms with Gasteiger partial charge in [-0.15, -0.1) is 0 Å². The molecule has 0 fully saturated rings. The van der Waals surface area contributed by atoms with E-state index in [9.17, 15) is 22.0 Å². The molecule has 0 aliphatic rings. The number of nitrogens with zero attached hydrogens (tertiary/aromatic N) is 1. The zero-order valence-electron chi connectivity index (χ0n) is 7.63. The van der Waals surface area contributed by atoms with Crippen LogP contribution < -0.4 is 4.74 Å². The molecule has 0 heterocycles. The number of sulfonamides is 1. The van der Waals surface area contributed by atoms with E-state index in [0.717, 1.165) is 18.2 Å². The van der Waals surface area contributed by atoms with Crippen LogP contribution in [0.4, 0.5) is 8.78 Å². The Kier molecular flexibility index (Phi) is 3.70. The van der Waals surface area contributed by atoms with Gasteiger partial charge in [0, 0.05) is 0 Å². The summed E-state index contributed by atoms with van der Waals surface area (Å²) in [6.07, 6.45) is 0.831. The molecule has 0 aromatic heterocycles. The molecule has 0 aliphatic carbocycles. The van der Waals surface area contributed by atoms with E-state index >= 15 is 0 Å². The number of halogens is 2. The minimum absolute atomic E-state index is 0.573. The van der Waals surface area contributed by atoms with Crippen LogP contribution in [-0.4, -0.2) is 21.1 Å². The fourth-order valence-corrected chi connectivity index (χ4v) is 1.77. The van der Waals surface area contributed by atoms with Crippen LogP contribution in [0.15, 0.2) is 33.6 Å². The van der Waals surface area contributed by atoms with Gasteiger partial charge in [0.1, 0.15) is 10.6 Å². The molecule has 0 radical (unpaired) electrons. The maximum absolute atomic E-state index is 11.9. The molecule has 0 amide bonds. The molecule has 0 saturated heterocycles. The quantitative estimate of drug-likeness (QED) is 0.595. The summed E-state index contributed by atoms with van der Waals surface area (Å²) in [5.74, 6) is -0.573. The van der Waals surface area contributed by atoms with E-state index < -0.39 is 27.3 Å². The number of hydrogen-bond donors (Lipinski definition) is 0. The minimum Gasteiger partial charge on any atom is -0.433 e. The van der Waals surface area contributed by atoms with E-state index in [1.165, 1.54) is 12.1 Å². The third-order valence-corrected chi connectivity index (χ3v) is 2.71. The zero-order chi connectivity index (χ0) is 12.2. The van der Waals surface area contributed by atoms with Crippen LogP contribution in [0.1, 0.15) is 0 Å². The highest BCUT2D eigenvalue weighted by atomic mass is 32.2. The Morgan fingerprint density at radius 2 is 1.94 bits per heavy atom.